The molecule has 4 nitrogen and oxygen atoms in total. The molecule has 6 heteroatoms. The van der Waals surface area contributed by atoms with Crippen LogP contribution in [0.25, 0.3) is 11.3 Å². The van der Waals surface area contributed by atoms with E-state index in [0.717, 1.165) is 12.3 Å². The predicted molar refractivity (Wildman–Crippen MR) is 53.9 cm³/mol. The third kappa shape index (κ3) is 1.77. The summed E-state index contributed by atoms with van der Waals surface area (Å²) < 4.78 is 17.8. The van der Waals surface area contributed by atoms with Crippen LogP contribution in [0.1, 0.15) is 10.4 Å². The van der Waals surface area contributed by atoms with Crippen molar-refractivity contribution in [3.05, 3.63) is 40.8 Å². The Balaban J connectivity index is 2.62. The second-order valence-electron chi connectivity index (χ2n) is 3.00. The third-order valence-corrected chi connectivity index (χ3v) is 2.30. The normalized spacial score (nSPS) is 10.4. The summed E-state index contributed by atoms with van der Waals surface area (Å²) >= 11 is 5.82. The van der Waals surface area contributed by atoms with Crippen molar-refractivity contribution in [3.8, 4) is 11.3 Å². The highest BCUT2D eigenvalue weighted by molar-refractivity contribution is 6.33. The molecule has 0 aliphatic carbocycles. The molecule has 0 saturated heterocycles. The summed E-state index contributed by atoms with van der Waals surface area (Å²) in [6.07, 6.45) is 1.04. The van der Waals surface area contributed by atoms with E-state index in [1.807, 2.05) is 0 Å². The molecular formula is C10H5ClFNO3. The second-order valence-corrected chi connectivity index (χ2v) is 3.41. The number of rotatable bonds is 2. The van der Waals surface area contributed by atoms with Crippen LogP contribution in [0.3, 0.4) is 0 Å². The molecule has 1 N–H and O–H groups in total. The molecule has 0 saturated carbocycles. The maximum Gasteiger partial charge on any atom is 0.341 e. The van der Waals surface area contributed by atoms with Crippen LogP contribution in [0.15, 0.2) is 28.9 Å². The van der Waals surface area contributed by atoms with Gasteiger partial charge in [0.1, 0.15) is 11.4 Å². The summed E-state index contributed by atoms with van der Waals surface area (Å²) in [6.45, 7) is 0. The Kier molecular flexibility index (Phi) is 2.62. The molecule has 0 amide bonds. The predicted octanol–water partition coefficient (Wildman–Crippen LogP) is 2.83. The first-order valence-corrected chi connectivity index (χ1v) is 4.61. The molecule has 2 aromatic rings. The van der Waals surface area contributed by atoms with Gasteiger partial charge in [-0.1, -0.05) is 16.8 Å². The molecular weight excluding hydrogens is 237 g/mol. The number of carboxylic acid groups (broad SMARTS) is 1. The smallest absolute Gasteiger partial charge is 0.341 e. The molecule has 0 atom stereocenters. The van der Waals surface area contributed by atoms with E-state index in [-0.39, 0.29) is 21.9 Å². The molecule has 0 spiro atoms. The van der Waals surface area contributed by atoms with Gasteiger partial charge in [-0.15, -0.1) is 0 Å². The number of nitrogens with zero attached hydrogens (tertiary/aromatic N) is 1. The summed E-state index contributed by atoms with van der Waals surface area (Å²) in [5, 5.41) is 12.4. The second kappa shape index (κ2) is 3.94. The third-order valence-electron chi connectivity index (χ3n) is 1.97. The van der Waals surface area contributed by atoms with Gasteiger partial charge in [0.05, 0.1) is 11.2 Å². The van der Waals surface area contributed by atoms with Gasteiger partial charge in [0.25, 0.3) is 0 Å². The Labute approximate surface area is 94.2 Å². The van der Waals surface area contributed by atoms with Crippen molar-refractivity contribution in [2.75, 3.05) is 0 Å². The molecule has 0 aliphatic rings. The van der Waals surface area contributed by atoms with Crippen LogP contribution in [0, 0.1) is 5.82 Å². The topological polar surface area (TPSA) is 63.3 Å². The lowest BCUT2D eigenvalue weighted by Crippen LogP contribution is -1.96. The first-order chi connectivity index (χ1) is 7.59. The van der Waals surface area contributed by atoms with E-state index in [1.54, 1.807) is 0 Å². The van der Waals surface area contributed by atoms with Crippen molar-refractivity contribution in [3.63, 3.8) is 0 Å². The first-order valence-electron chi connectivity index (χ1n) is 4.23. The summed E-state index contributed by atoms with van der Waals surface area (Å²) in [5.41, 5.74) is 0.00377. The van der Waals surface area contributed by atoms with Crippen LogP contribution in [0.2, 0.25) is 5.02 Å². The minimum Gasteiger partial charge on any atom is -0.477 e. The van der Waals surface area contributed by atoms with E-state index >= 15 is 0 Å². The Morgan fingerprint density at radius 3 is 2.94 bits per heavy atom. The van der Waals surface area contributed by atoms with Gasteiger partial charge >= 0.3 is 5.97 Å². The van der Waals surface area contributed by atoms with Crippen molar-refractivity contribution in [2.24, 2.45) is 0 Å². The van der Waals surface area contributed by atoms with E-state index in [9.17, 15) is 9.18 Å². The Hall–Kier alpha value is -1.88. The van der Waals surface area contributed by atoms with Gasteiger partial charge in [-0.05, 0) is 18.2 Å². The van der Waals surface area contributed by atoms with Gasteiger partial charge < -0.3 is 9.63 Å². The van der Waals surface area contributed by atoms with Crippen molar-refractivity contribution < 1.29 is 18.8 Å². The zero-order valence-electron chi connectivity index (χ0n) is 7.78. The van der Waals surface area contributed by atoms with Crippen LogP contribution in [0.5, 0.6) is 0 Å². The summed E-state index contributed by atoms with van der Waals surface area (Å²) in [4.78, 5) is 10.8. The molecule has 1 aromatic carbocycles. The highest BCUT2D eigenvalue weighted by atomic mass is 35.5. The van der Waals surface area contributed by atoms with E-state index in [4.69, 9.17) is 21.2 Å². The summed E-state index contributed by atoms with van der Waals surface area (Å²) in [5.74, 6) is -1.80. The number of carbonyl (C=O) groups is 1. The van der Waals surface area contributed by atoms with Gasteiger partial charge in [0, 0.05) is 5.56 Å². The van der Waals surface area contributed by atoms with Gasteiger partial charge in [-0.2, -0.15) is 0 Å². The molecule has 1 heterocycles. The Bertz CT molecular complexity index is 553. The van der Waals surface area contributed by atoms with Gasteiger partial charge in [-0.25, -0.2) is 9.18 Å². The van der Waals surface area contributed by atoms with E-state index < -0.39 is 11.8 Å². The first kappa shape index (κ1) is 10.6. The standard InChI is InChI=1S/C10H5ClFNO3/c11-8-2-1-5(12)3-6(8)9-7(10(14)15)4-13-16-9/h1-4H,(H,14,15). The van der Waals surface area contributed by atoms with E-state index in [0.29, 0.717) is 0 Å². The molecule has 0 fully saturated rings. The molecule has 16 heavy (non-hydrogen) atoms. The zero-order valence-corrected chi connectivity index (χ0v) is 8.53. The number of benzene rings is 1. The SMILES string of the molecule is O=C(O)c1cnoc1-c1cc(F)ccc1Cl. The van der Waals surface area contributed by atoms with Crippen molar-refractivity contribution in [2.45, 2.75) is 0 Å². The molecule has 1 aromatic heterocycles. The van der Waals surface area contributed by atoms with E-state index in [1.165, 1.54) is 12.1 Å². The number of hydrogen-bond donors (Lipinski definition) is 1. The fourth-order valence-corrected chi connectivity index (χ4v) is 1.46. The van der Waals surface area contributed by atoms with Gasteiger partial charge in [0.15, 0.2) is 5.76 Å². The Morgan fingerprint density at radius 1 is 1.50 bits per heavy atom. The number of halogens is 2. The van der Waals surface area contributed by atoms with Crippen molar-refractivity contribution in [1.29, 1.82) is 0 Å². The lowest BCUT2D eigenvalue weighted by Gasteiger charge is -2.00. The number of aromatic nitrogens is 1. The molecule has 82 valence electrons. The monoisotopic (exact) mass is 241 g/mol. The highest BCUT2D eigenvalue weighted by Crippen LogP contribution is 2.30. The molecule has 0 radical (unpaired) electrons. The highest BCUT2D eigenvalue weighted by Gasteiger charge is 2.19. The van der Waals surface area contributed by atoms with Gasteiger partial charge in [-0.3, -0.25) is 0 Å². The average molecular weight is 242 g/mol. The van der Waals surface area contributed by atoms with Crippen LogP contribution in [-0.2, 0) is 0 Å². The van der Waals surface area contributed by atoms with E-state index in [2.05, 4.69) is 5.16 Å². The number of aromatic carboxylic acids is 1. The fraction of sp³-hybridized carbons (Fsp3) is 0. The molecule has 0 bridgehead atoms. The minimum absolute atomic E-state index is 0.0583. The van der Waals surface area contributed by atoms with Gasteiger partial charge in [0.2, 0.25) is 0 Å². The lowest BCUT2D eigenvalue weighted by atomic mass is 10.1. The molecule has 0 aliphatic heterocycles. The van der Waals surface area contributed by atoms with Crippen LogP contribution >= 0.6 is 11.6 Å². The lowest BCUT2D eigenvalue weighted by molar-refractivity contribution is 0.0697. The molecule has 2 rings (SSSR count). The fourth-order valence-electron chi connectivity index (χ4n) is 1.26. The molecule has 0 unspecified atom stereocenters. The zero-order chi connectivity index (χ0) is 11.7. The summed E-state index contributed by atoms with van der Waals surface area (Å²) in [7, 11) is 0. The Morgan fingerprint density at radius 2 is 2.25 bits per heavy atom. The van der Waals surface area contributed by atoms with Crippen LogP contribution in [-0.4, -0.2) is 16.2 Å². The maximum atomic E-state index is 13.0. The summed E-state index contributed by atoms with van der Waals surface area (Å²) in [6, 6.07) is 3.58. The quantitative estimate of drug-likeness (QED) is 0.878. The maximum absolute atomic E-state index is 13.0. The average Bonchev–Trinajstić information content (AvgIpc) is 2.70. The van der Waals surface area contributed by atoms with Crippen LogP contribution < -0.4 is 0 Å². The number of hydrogen-bond acceptors (Lipinski definition) is 3. The minimum atomic E-state index is -1.21. The van der Waals surface area contributed by atoms with Crippen molar-refractivity contribution in [1.82, 2.24) is 5.16 Å². The van der Waals surface area contributed by atoms with Crippen molar-refractivity contribution >= 4 is 17.6 Å². The number of carboxylic acids is 1. The largest absolute Gasteiger partial charge is 0.477 e. The van der Waals surface area contributed by atoms with Crippen LogP contribution in [0.4, 0.5) is 4.39 Å².